The van der Waals surface area contributed by atoms with E-state index < -0.39 is 0 Å². The average Bonchev–Trinajstić information content (AvgIpc) is 3.04. The zero-order chi connectivity index (χ0) is 14.8. The molecule has 0 aliphatic carbocycles. The van der Waals surface area contributed by atoms with Gasteiger partial charge in [-0.1, -0.05) is 46.9 Å². The van der Waals surface area contributed by atoms with Crippen LogP contribution in [-0.2, 0) is 13.0 Å². The zero-order valence-corrected chi connectivity index (χ0v) is 12.8. The molecule has 6 heteroatoms. The summed E-state index contributed by atoms with van der Waals surface area (Å²) in [7, 11) is 0. The maximum Gasteiger partial charge on any atom is 0.212 e. The molecule has 1 aromatic carbocycles. The largest absolute Gasteiger partial charge is 0.390 e. The van der Waals surface area contributed by atoms with Gasteiger partial charge in [0.15, 0.2) is 0 Å². The second-order valence-electron chi connectivity index (χ2n) is 4.85. The third kappa shape index (κ3) is 2.72. The highest BCUT2D eigenvalue weighted by Crippen LogP contribution is 2.23. The second kappa shape index (κ2) is 5.75. The number of thiazole rings is 1. The van der Waals surface area contributed by atoms with Gasteiger partial charge in [0.1, 0.15) is 5.69 Å². The predicted molar refractivity (Wildman–Crippen MR) is 81.7 cm³/mol. The topological polar surface area (TPSA) is 63.8 Å². The van der Waals surface area contributed by atoms with Crippen molar-refractivity contribution >= 4 is 11.3 Å². The number of rotatable bonds is 4. The maximum absolute atomic E-state index is 9.48. The van der Waals surface area contributed by atoms with Crippen molar-refractivity contribution in [2.75, 3.05) is 0 Å². The third-order valence-electron chi connectivity index (χ3n) is 3.41. The first-order valence-electron chi connectivity index (χ1n) is 6.71. The standard InChI is InChI=1S/C15H16N4OS/c1-10-11(2)21-15(16-10)19-14(13(9-20)17-18-19)8-12-6-4-3-5-7-12/h3-7,20H,8-9H2,1-2H3. The fourth-order valence-corrected chi connectivity index (χ4v) is 3.00. The smallest absolute Gasteiger partial charge is 0.212 e. The molecule has 3 rings (SSSR count). The Labute approximate surface area is 126 Å². The Balaban J connectivity index is 2.04. The first-order valence-corrected chi connectivity index (χ1v) is 7.53. The summed E-state index contributed by atoms with van der Waals surface area (Å²) < 4.78 is 1.74. The molecule has 1 N–H and O–H groups in total. The van der Waals surface area contributed by atoms with E-state index in [1.165, 1.54) is 0 Å². The molecule has 2 heterocycles. The Morgan fingerprint density at radius 1 is 1.19 bits per heavy atom. The summed E-state index contributed by atoms with van der Waals surface area (Å²) in [5.74, 6) is 0. The SMILES string of the molecule is Cc1nc(-n2nnc(CO)c2Cc2ccccc2)sc1C. The fraction of sp³-hybridized carbons (Fsp3) is 0.267. The molecule has 2 aromatic heterocycles. The van der Waals surface area contributed by atoms with Gasteiger partial charge in [0.2, 0.25) is 5.13 Å². The number of aromatic nitrogens is 4. The van der Waals surface area contributed by atoms with E-state index in [0.29, 0.717) is 12.1 Å². The molecule has 0 amide bonds. The predicted octanol–water partition coefficient (Wildman–Crippen LogP) is 2.42. The monoisotopic (exact) mass is 300 g/mol. The summed E-state index contributed by atoms with van der Waals surface area (Å²) in [5.41, 5.74) is 3.64. The van der Waals surface area contributed by atoms with E-state index in [1.54, 1.807) is 16.0 Å². The first kappa shape index (κ1) is 13.9. The van der Waals surface area contributed by atoms with Gasteiger partial charge in [0.25, 0.3) is 0 Å². The lowest BCUT2D eigenvalue weighted by Gasteiger charge is -2.05. The van der Waals surface area contributed by atoms with E-state index in [4.69, 9.17) is 0 Å². The molecule has 0 unspecified atom stereocenters. The Morgan fingerprint density at radius 3 is 2.57 bits per heavy atom. The molecule has 5 nitrogen and oxygen atoms in total. The van der Waals surface area contributed by atoms with E-state index in [-0.39, 0.29) is 6.61 Å². The van der Waals surface area contributed by atoms with Crippen LogP contribution in [0.2, 0.25) is 0 Å². The van der Waals surface area contributed by atoms with Crippen LogP contribution < -0.4 is 0 Å². The Morgan fingerprint density at radius 2 is 1.95 bits per heavy atom. The number of nitrogens with zero attached hydrogens (tertiary/aromatic N) is 4. The van der Waals surface area contributed by atoms with Gasteiger partial charge in [-0.2, -0.15) is 4.68 Å². The summed E-state index contributed by atoms with van der Waals surface area (Å²) in [6.07, 6.45) is 0.668. The van der Waals surface area contributed by atoms with Crippen molar-refractivity contribution in [3.8, 4) is 5.13 Å². The van der Waals surface area contributed by atoms with Crippen molar-refractivity contribution in [3.63, 3.8) is 0 Å². The van der Waals surface area contributed by atoms with Crippen LogP contribution in [0.4, 0.5) is 0 Å². The minimum Gasteiger partial charge on any atom is -0.390 e. The lowest BCUT2D eigenvalue weighted by Crippen LogP contribution is -2.04. The molecule has 0 saturated carbocycles. The van der Waals surface area contributed by atoms with Gasteiger partial charge in [-0.25, -0.2) is 4.98 Å². The number of aryl methyl sites for hydroxylation is 2. The van der Waals surface area contributed by atoms with Crippen LogP contribution in [0.15, 0.2) is 30.3 Å². The van der Waals surface area contributed by atoms with E-state index in [0.717, 1.165) is 27.0 Å². The molecule has 0 saturated heterocycles. The Hall–Kier alpha value is -2.05. The van der Waals surface area contributed by atoms with Crippen LogP contribution in [0.3, 0.4) is 0 Å². The Bertz CT molecular complexity index is 729. The normalized spacial score (nSPS) is 11.0. The van der Waals surface area contributed by atoms with Gasteiger partial charge in [0, 0.05) is 11.3 Å². The molecule has 0 aliphatic heterocycles. The molecule has 0 atom stereocenters. The third-order valence-corrected chi connectivity index (χ3v) is 4.45. The van der Waals surface area contributed by atoms with Crippen molar-refractivity contribution in [1.29, 1.82) is 0 Å². The molecule has 0 radical (unpaired) electrons. The van der Waals surface area contributed by atoms with Crippen molar-refractivity contribution < 1.29 is 5.11 Å². The van der Waals surface area contributed by atoms with Crippen LogP contribution >= 0.6 is 11.3 Å². The molecule has 0 aliphatic rings. The van der Waals surface area contributed by atoms with Crippen LogP contribution in [0.25, 0.3) is 5.13 Å². The molecule has 3 aromatic rings. The van der Waals surface area contributed by atoms with Crippen molar-refractivity contribution in [2.45, 2.75) is 26.9 Å². The Kier molecular flexibility index (Phi) is 3.81. The van der Waals surface area contributed by atoms with Crippen LogP contribution in [0.5, 0.6) is 0 Å². The number of hydrogen-bond acceptors (Lipinski definition) is 5. The second-order valence-corrected chi connectivity index (χ2v) is 6.03. The van der Waals surface area contributed by atoms with Gasteiger partial charge in [0.05, 0.1) is 18.0 Å². The van der Waals surface area contributed by atoms with Crippen molar-refractivity contribution in [3.05, 3.63) is 57.9 Å². The van der Waals surface area contributed by atoms with Crippen LogP contribution in [-0.4, -0.2) is 25.1 Å². The van der Waals surface area contributed by atoms with E-state index >= 15 is 0 Å². The molecule has 0 fully saturated rings. The summed E-state index contributed by atoms with van der Waals surface area (Å²) in [6.45, 7) is 3.90. The minimum absolute atomic E-state index is 0.120. The zero-order valence-electron chi connectivity index (χ0n) is 11.9. The lowest BCUT2D eigenvalue weighted by molar-refractivity contribution is 0.275. The van der Waals surface area contributed by atoms with E-state index in [2.05, 4.69) is 27.4 Å². The molecule has 21 heavy (non-hydrogen) atoms. The van der Waals surface area contributed by atoms with Gasteiger partial charge in [-0.05, 0) is 19.4 Å². The van der Waals surface area contributed by atoms with Gasteiger partial charge >= 0.3 is 0 Å². The first-order chi connectivity index (χ1) is 10.2. The summed E-state index contributed by atoms with van der Waals surface area (Å²) in [4.78, 5) is 5.69. The molecular formula is C15H16N4OS. The molecule has 0 spiro atoms. The van der Waals surface area contributed by atoms with Gasteiger partial charge < -0.3 is 5.11 Å². The highest BCUT2D eigenvalue weighted by Gasteiger charge is 2.17. The highest BCUT2D eigenvalue weighted by molar-refractivity contribution is 7.14. The highest BCUT2D eigenvalue weighted by atomic mass is 32.1. The van der Waals surface area contributed by atoms with Crippen molar-refractivity contribution in [2.24, 2.45) is 0 Å². The van der Waals surface area contributed by atoms with Crippen LogP contribution in [0.1, 0.15) is 27.5 Å². The maximum atomic E-state index is 9.48. The number of benzene rings is 1. The fourth-order valence-electron chi connectivity index (χ4n) is 2.12. The average molecular weight is 300 g/mol. The quantitative estimate of drug-likeness (QED) is 0.803. The van der Waals surface area contributed by atoms with Crippen molar-refractivity contribution in [1.82, 2.24) is 20.0 Å². The number of aliphatic hydroxyl groups excluding tert-OH is 1. The summed E-state index contributed by atoms with van der Waals surface area (Å²) in [6, 6.07) is 10.1. The lowest BCUT2D eigenvalue weighted by atomic mass is 10.1. The summed E-state index contributed by atoms with van der Waals surface area (Å²) >= 11 is 1.58. The van der Waals surface area contributed by atoms with Crippen LogP contribution in [0, 0.1) is 13.8 Å². The van der Waals surface area contributed by atoms with Gasteiger partial charge in [-0.15, -0.1) is 5.10 Å². The van der Waals surface area contributed by atoms with E-state index in [1.807, 2.05) is 32.0 Å². The number of hydrogen-bond donors (Lipinski definition) is 1. The van der Waals surface area contributed by atoms with Gasteiger partial charge in [-0.3, -0.25) is 0 Å². The molecular weight excluding hydrogens is 284 g/mol. The van der Waals surface area contributed by atoms with E-state index in [9.17, 15) is 5.11 Å². The number of aliphatic hydroxyl groups is 1. The minimum atomic E-state index is -0.120. The molecule has 108 valence electrons. The summed E-state index contributed by atoms with van der Waals surface area (Å²) in [5, 5.41) is 18.5. The molecule has 0 bridgehead atoms.